The van der Waals surface area contributed by atoms with E-state index in [1.54, 1.807) is 11.3 Å². The van der Waals surface area contributed by atoms with Gasteiger partial charge in [-0.05, 0) is 37.3 Å². The number of amides is 2. The normalized spacial score (nSPS) is 10.2. The number of thiophene rings is 1. The summed E-state index contributed by atoms with van der Waals surface area (Å²) in [4.78, 5) is 25.5. The van der Waals surface area contributed by atoms with E-state index in [0.29, 0.717) is 5.69 Å². The van der Waals surface area contributed by atoms with Crippen LogP contribution in [0.15, 0.2) is 30.3 Å². The second kappa shape index (κ2) is 6.49. The Bertz CT molecular complexity index is 682. The zero-order chi connectivity index (χ0) is 15.4. The molecule has 0 aliphatic rings. The maximum absolute atomic E-state index is 13.5. The van der Waals surface area contributed by atoms with E-state index in [9.17, 15) is 14.0 Å². The first-order valence-electron chi connectivity index (χ1n) is 6.36. The molecule has 0 saturated carbocycles. The molecule has 0 unspecified atom stereocenters. The maximum Gasteiger partial charge on any atom is 0.254 e. The van der Waals surface area contributed by atoms with Crippen LogP contribution in [-0.2, 0) is 11.2 Å². The van der Waals surface area contributed by atoms with E-state index in [0.717, 1.165) is 15.8 Å². The number of rotatable bonds is 4. The van der Waals surface area contributed by atoms with E-state index in [1.165, 1.54) is 19.2 Å². The molecule has 2 rings (SSSR count). The summed E-state index contributed by atoms with van der Waals surface area (Å²) in [6.07, 6.45) is 0.255. The van der Waals surface area contributed by atoms with Crippen LogP contribution in [0.2, 0.25) is 0 Å². The number of anilines is 1. The zero-order valence-corrected chi connectivity index (χ0v) is 12.5. The lowest BCUT2D eigenvalue weighted by atomic mass is 10.1. The average molecular weight is 306 g/mol. The predicted molar refractivity (Wildman–Crippen MR) is 81.2 cm³/mol. The third-order valence-electron chi connectivity index (χ3n) is 2.85. The number of nitrogens with one attached hydrogen (secondary N) is 2. The van der Waals surface area contributed by atoms with Gasteiger partial charge in [0.25, 0.3) is 5.91 Å². The van der Waals surface area contributed by atoms with Gasteiger partial charge in [0.2, 0.25) is 5.91 Å². The lowest BCUT2D eigenvalue weighted by molar-refractivity contribution is -0.115. The van der Waals surface area contributed by atoms with E-state index in [-0.39, 0.29) is 17.9 Å². The Kier molecular flexibility index (Phi) is 4.70. The van der Waals surface area contributed by atoms with Crippen molar-refractivity contribution in [2.45, 2.75) is 13.3 Å². The monoisotopic (exact) mass is 306 g/mol. The Balaban J connectivity index is 2.08. The molecule has 1 aromatic heterocycles. The summed E-state index contributed by atoms with van der Waals surface area (Å²) in [7, 11) is 1.42. The van der Waals surface area contributed by atoms with Crippen molar-refractivity contribution in [3.05, 3.63) is 51.5 Å². The van der Waals surface area contributed by atoms with Crippen LogP contribution in [0.3, 0.4) is 0 Å². The zero-order valence-electron chi connectivity index (χ0n) is 11.7. The molecule has 1 aromatic carbocycles. The molecule has 0 aliphatic carbocycles. The number of hydrogen-bond acceptors (Lipinski definition) is 3. The first-order chi connectivity index (χ1) is 9.99. The van der Waals surface area contributed by atoms with Crippen LogP contribution < -0.4 is 10.6 Å². The standard InChI is InChI=1S/C15H15FN2O2S/c1-9-3-5-11(21-9)8-14(19)18-10-4-6-13(16)12(7-10)15(20)17-2/h3-7H,8H2,1-2H3,(H,17,20)(H,18,19). The molecule has 0 saturated heterocycles. The summed E-state index contributed by atoms with van der Waals surface area (Å²) in [5.41, 5.74) is 0.301. The molecule has 110 valence electrons. The predicted octanol–water partition coefficient (Wildman–Crippen LogP) is 2.74. The molecule has 0 fully saturated rings. The number of halogens is 1. The van der Waals surface area contributed by atoms with Crippen molar-refractivity contribution in [2.24, 2.45) is 0 Å². The maximum atomic E-state index is 13.5. The lowest BCUT2D eigenvalue weighted by Crippen LogP contribution is -2.20. The summed E-state index contributed by atoms with van der Waals surface area (Å²) < 4.78 is 13.5. The largest absolute Gasteiger partial charge is 0.355 e. The molecule has 2 N–H and O–H groups in total. The summed E-state index contributed by atoms with van der Waals surface area (Å²) in [5.74, 6) is -1.36. The van der Waals surface area contributed by atoms with Gasteiger partial charge in [0.1, 0.15) is 5.82 Å². The molecular formula is C15H15FN2O2S. The first-order valence-corrected chi connectivity index (χ1v) is 7.18. The van der Waals surface area contributed by atoms with Gasteiger partial charge < -0.3 is 10.6 Å². The Hall–Kier alpha value is -2.21. The fraction of sp³-hybridized carbons (Fsp3) is 0.200. The van der Waals surface area contributed by atoms with Crippen molar-refractivity contribution >= 4 is 28.8 Å². The number of carbonyl (C=O) groups is 2. The van der Waals surface area contributed by atoms with Crippen molar-refractivity contribution in [2.75, 3.05) is 12.4 Å². The van der Waals surface area contributed by atoms with Gasteiger partial charge in [0.15, 0.2) is 0 Å². The molecule has 0 aliphatic heterocycles. The van der Waals surface area contributed by atoms with Gasteiger partial charge in [-0.3, -0.25) is 9.59 Å². The topological polar surface area (TPSA) is 58.2 Å². The number of benzene rings is 1. The van der Waals surface area contributed by atoms with Crippen molar-refractivity contribution in [3.8, 4) is 0 Å². The summed E-state index contributed by atoms with van der Waals surface area (Å²) >= 11 is 1.56. The third kappa shape index (κ3) is 3.88. The molecule has 0 spiro atoms. The molecule has 2 amide bonds. The van der Waals surface area contributed by atoms with Gasteiger partial charge >= 0.3 is 0 Å². The highest BCUT2D eigenvalue weighted by atomic mass is 32.1. The number of hydrogen-bond donors (Lipinski definition) is 2. The second-order valence-electron chi connectivity index (χ2n) is 4.51. The van der Waals surface area contributed by atoms with E-state index in [4.69, 9.17) is 0 Å². The summed E-state index contributed by atoms with van der Waals surface area (Å²) in [6, 6.07) is 7.77. The van der Waals surface area contributed by atoms with Crippen LogP contribution in [-0.4, -0.2) is 18.9 Å². The molecule has 0 bridgehead atoms. The molecule has 4 nitrogen and oxygen atoms in total. The molecule has 21 heavy (non-hydrogen) atoms. The molecule has 0 atom stereocenters. The SMILES string of the molecule is CNC(=O)c1cc(NC(=O)Cc2ccc(C)s2)ccc1F. The van der Waals surface area contributed by atoms with Crippen LogP contribution >= 0.6 is 11.3 Å². The van der Waals surface area contributed by atoms with Crippen LogP contribution in [0.5, 0.6) is 0 Å². The summed E-state index contributed by atoms with van der Waals surface area (Å²) in [6.45, 7) is 1.97. The van der Waals surface area contributed by atoms with Gasteiger partial charge in [-0.15, -0.1) is 11.3 Å². The smallest absolute Gasteiger partial charge is 0.254 e. The molecular weight excluding hydrogens is 291 g/mol. The van der Waals surface area contributed by atoms with Gasteiger partial charge in [0.05, 0.1) is 12.0 Å². The first kappa shape index (κ1) is 15.2. The van der Waals surface area contributed by atoms with Crippen molar-refractivity contribution in [1.29, 1.82) is 0 Å². The van der Waals surface area contributed by atoms with E-state index < -0.39 is 11.7 Å². The molecule has 1 heterocycles. The minimum absolute atomic E-state index is 0.0951. The third-order valence-corrected chi connectivity index (χ3v) is 3.85. The van der Waals surface area contributed by atoms with Crippen LogP contribution in [0, 0.1) is 12.7 Å². The van der Waals surface area contributed by atoms with E-state index in [1.807, 2.05) is 19.1 Å². The molecule has 6 heteroatoms. The van der Waals surface area contributed by atoms with Crippen LogP contribution in [0.25, 0.3) is 0 Å². The Morgan fingerprint density at radius 3 is 2.62 bits per heavy atom. The highest BCUT2D eigenvalue weighted by Crippen LogP contribution is 2.18. The Labute approximate surface area is 126 Å². The van der Waals surface area contributed by atoms with Crippen LogP contribution in [0.4, 0.5) is 10.1 Å². The quantitative estimate of drug-likeness (QED) is 0.912. The van der Waals surface area contributed by atoms with Gasteiger partial charge in [-0.25, -0.2) is 4.39 Å². The lowest BCUT2D eigenvalue weighted by Gasteiger charge is -2.07. The average Bonchev–Trinajstić information content (AvgIpc) is 2.85. The highest BCUT2D eigenvalue weighted by Gasteiger charge is 2.12. The number of carbonyl (C=O) groups excluding carboxylic acids is 2. The van der Waals surface area contributed by atoms with Crippen LogP contribution in [0.1, 0.15) is 20.1 Å². The van der Waals surface area contributed by atoms with Crippen molar-refractivity contribution in [3.63, 3.8) is 0 Å². The Morgan fingerprint density at radius 1 is 1.24 bits per heavy atom. The van der Waals surface area contributed by atoms with Crippen molar-refractivity contribution in [1.82, 2.24) is 5.32 Å². The highest BCUT2D eigenvalue weighted by molar-refractivity contribution is 7.12. The van der Waals surface area contributed by atoms with E-state index in [2.05, 4.69) is 10.6 Å². The second-order valence-corrected chi connectivity index (χ2v) is 5.88. The molecule has 2 aromatic rings. The fourth-order valence-corrected chi connectivity index (χ4v) is 2.74. The van der Waals surface area contributed by atoms with E-state index >= 15 is 0 Å². The summed E-state index contributed by atoms with van der Waals surface area (Å²) in [5, 5.41) is 5.02. The molecule has 0 radical (unpaired) electrons. The van der Waals surface area contributed by atoms with Crippen molar-refractivity contribution < 1.29 is 14.0 Å². The number of aryl methyl sites for hydroxylation is 1. The fourth-order valence-electron chi connectivity index (χ4n) is 1.86. The minimum atomic E-state index is -0.624. The minimum Gasteiger partial charge on any atom is -0.355 e. The Morgan fingerprint density at radius 2 is 2.00 bits per heavy atom. The van der Waals surface area contributed by atoms with Gasteiger partial charge in [0, 0.05) is 22.5 Å². The van der Waals surface area contributed by atoms with Gasteiger partial charge in [-0.2, -0.15) is 0 Å². The van der Waals surface area contributed by atoms with Gasteiger partial charge in [-0.1, -0.05) is 0 Å².